The molecule has 9 heteroatoms. The molecule has 6 nitrogen and oxygen atoms in total. The van der Waals surface area contributed by atoms with Crippen LogP contribution in [0.3, 0.4) is 0 Å². The summed E-state index contributed by atoms with van der Waals surface area (Å²) in [6.45, 7) is 1.68. The molecule has 0 saturated carbocycles. The quantitative estimate of drug-likeness (QED) is 0.550. The van der Waals surface area contributed by atoms with Crippen LogP contribution in [0.15, 0.2) is 65.1 Å². The number of amides is 2. The number of carbonyl (C=O) groups is 2. The first-order valence-electron chi connectivity index (χ1n) is 9.72. The molecule has 0 unspecified atom stereocenters. The molecule has 1 heterocycles. The van der Waals surface area contributed by atoms with Crippen LogP contribution in [0.2, 0.25) is 0 Å². The standard InChI is InChI=1S/C23H21F3N2O4/c1-3-28(14-21(29)27-17-9-4-5-10-19(17)31-2)22(30)20-12-11-18(32-20)15-7-6-8-16(13-15)23(24,25)26/h4-13H,3,14H2,1-2H3,(H,27,29). The van der Waals surface area contributed by atoms with Crippen LogP contribution in [0.1, 0.15) is 23.0 Å². The van der Waals surface area contributed by atoms with Crippen molar-refractivity contribution in [2.75, 3.05) is 25.5 Å². The molecule has 0 atom stereocenters. The molecular formula is C23H21F3N2O4. The van der Waals surface area contributed by atoms with Crippen molar-refractivity contribution in [3.05, 3.63) is 72.0 Å². The fourth-order valence-electron chi connectivity index (χ4n) is 3.05. The Morgan fingerprint density at radius 2 is 1.81 bits per heavy atom. The number of nitrogens with one attached hydrogen (secondary N) is 1. The summed E-state index contributed by atoms with van der Waals surface area (Å²) in [4.78, 5) is 26.5. The molecule has 0 saturated heterocycles. The van der Waals surface area contributed by atoms with E-state index in [1.807, 2.05) is 0 Å². The number of furan rings is 1. The Labute approximate surface area is 182 Å². The number of para-hydroxylation sites is 2. The predicted molar refractivity (Wildman–Crippen MR) is 112 cm³/mol. The van der Waals surface area contributed by atoms with Crippen molar-refractivity contribution in [3.8, 4) is 17.1 Å². The lowest BCUT2D eigenvalue weighted by Crippen LogP contribution is -2.37. The number of hydrogen-bond donors (Lipinski definition) is 1. The summed E-state index contributed by atoms with van der Waals surface area (Å²) in [5.74, 6) is -0.472. The highest BCUT2D eigenvalue weighted by Gasteiger charge is 2.31. The van der Waals surface area contributed by atoms with E-state index < -0.39 is 23.6 Å². The van der Waals surface area contributed by atoms with Gasteiger partial charge in [-0.25, -0.2) is 0 Å². The van der Waals surface area contributed by atoms with Gasteiger partial charge in [0.15, 0.2) is 5.76 Å². The number of alkyl halides is 3. The van der Waals surface area contributed by atoms with Crippen molar-refractivity contribution in [3.63, 3.8) is 0 Å². The molecule has 32 heavy (non-hydrogen) atoms. The lowest BCUT2D eigenvalue weighted by Gasteiger charge is -2.19. The average molecular weight is 446 g/mol. The molecule has 0 radical (unpaired) electrons. The summed E-state index contributed by atoms with van der Waals surface area (Å²) in [7, 11) is 1.48. The number of hydrogen-bond acceptors (Lipinski definition) is 4. The van der Waals surface area contributed by atoms with Crippen LogP contribution in [0.4, 0.5) is 18.9 Å². The Hall–Kier alpha value is -3.75. The van der Waals surface area contributed by atoms with Crippen LogP contribution >= 0.6 is 0 Å². The molecule has 0 aliphatic carbocycles. The topological polar surface area (TPSA) is 71.8 Å². The smallest absolute Gasteiger partial charge is 0.416 e. The van der Waals surface area contributed by atoms with Crippen molar-refractivity contribution in [1.29, 1.82) is 0 Å². The van der Waals surface area contributed by atoms with Crippen molar-refractivity contribution in [2.24, 2.45) is 0 Å². The number of anilines is 1. The number of ether oxygens (including phenoxy) is 1. The van der Waals surface area contributed by atoms with Crippen molar-refractivity contribution in [2.45, 2.75) is 13.1 Å². The van der Waals surface area contributed by atoms with Gasteiger partial charge < -0.3 is 19.4 Å². The average Bonchev–Trinajstić information content (AvgIpc) is 3.27. The van der Waals surface area contributed by atoms with Crippen LogP contribution in [0.5, 0.6) is 5.75 Å². The monoisotopic (exact) mass is 446 g/mol. The maximum absolute atomic E-state index is 13.0. The molecule has 168 valence electrons. The number of benzene rings is 2. The summed E-state index contributed by atoms with van der Waals surface area (Å²) < 4.78 is 49.6. The molecule has 0 spiro atoms. The number of rotatable bonds is 7. The van der Waals surface area contributed by atoms with Crippen LogP contribution < -0.4 is 10.1 Å². The van der Waals surface area contributed by atoms with E-state index in [2.05, 4.69) is 5.32 Å². The number of likely N-dealkylation sites (N-methyl/N-ethyl adjacent to an activating group) is 1. The third-order valence-electron chi connectivity index (χ3n) is 4.68. The van der Waals surface area contributed by atoms with E-state index >= 15 is 0 Å². The third kappa shape index (κ3) is 5.29. The van der Waals surface area contributed by atoms with E-state index in [-0.39, 0.29) is 30.2 Å². The van der Waals surface area contributed by atoms with Gasteiger partial charge in [-0.15, -0.1) is 0 Å². The molecular weight excluding hydrogens is 425 g/mol. The van der Waals surface area contributed by atoms with Gasteiger partial charge in [-0.3, -0.25) is 9.59 Å². The van der Waals surface area contributed by atoms with Gasteiger partial charge in [0.2, 0.25) is 5.91 Å². The number of methoxy groups -OCH3 is 1. The number of nitrogens with zero attached hydrogens (tertiary/aromatic N) is 1. The van der Waals surface area contributed by atoms with Gasteiger partial charge in [0.1, 0.15) is 18.1 Å². The minimum atomic E-state index is -4.49. The normalized spacial score (nSPS) is 11.2. The summed E-state index contributed by atoms with van der Waals surface area (Å²) in [6.07, 6.45) is -4.49. The Bertz CT molecular complexity index is 1110. The second-order valence-corrected chi connectivity index (χ2v) is 6.81. The van der Waals surface area contributed by atoms with E-state index in [9.17, 15) is 22.8 Å². The Morgan fingerprint density at radius 1 is 1.06 bits per heavy atom. The summed E-state index contributed by atoms with van der Waals surface area (Å²) >= 11 is 0. The first-order valence-corrected chi connectivity index (χ1v) is 9.72. The zero-order valence-electron chi connectivity index (χ0n) is 17.4. The van der Waals surface area contributed by atoms with E-state index in [4.69, 9.17) is 9.15 Å². The van der Waals surface area contributed by atoms with E-state index in [1.165, 1.54) is 36.3 Å². The first-order chi connectivity index (χ1) is 15.2. The lowest BCUT2D eigenvalue weighted by atomic mass is 10.1. The highest BCUT2D eigenvalue weighted by molar-refractivity contribution is 5.99. The zero-order valence-corrected chi connectivity index (χ0v) is 17.4. The van der Waals surface area contributed by atoms with E-state index in [1.54, 1.807) is 31.2 Å². The van der Waals surface area contributed by atoms with Gasteiger partial charge in [0.25, 0.3) is 5.91 Å². The fourth-order valence-corrected chi connectivity index (χ4v) is 3.05. The van der Waals surface area contributed by atoms with Gasteiger partial charge in [-0.2, -0.15) is 13.2 Å². The minimum Gasteiger partial charge on any atom is -0.495 e. The predicted octanol–water partition coefficient (Wildman–Crippen LogP) is 5.07. The van der Waals surface area contributed by atoms with E-state index in [0.717, 1.165) is 12.1 Å². The van der Waals surface area contributed by atoms with Gasteiger partial charge >= 0.3 is 6.18 Å². The van der Waals surface area contributed by atoms with Crippen LogP contribution in [-0.2, 0) is 11.0 Å². The van der Waals surface area contributed by atoms with E-state index in [0.29, 0.717) is 11.4 Å². The molecule has 1 aromatic heterocycles. The second kappa shape index (κ2) is 9.59. The molecule has 1 N–H and O–H groups in total. The van der Waals surface area contributed by atoms with Crippen LogP contribution in [0, 0.1) is 0 Å². The highest BCUT2D eigenvalue weighted by Crippen LogP contribution is 2.32. The summed E-state index contributed by atoms with van der Waals surface area (Å²) in [6, 6.07) is 14.3. The van der Waals surface area contributed by atoms with Gasteiger partial charge in [-0.1, -0.05) is 24.3 Å². The van der Waals surface area contributed by atoms with Crippen molar-refractivity contribution >= 4 is 17.5 Å². The fraction of sp³-hybridized carbons (Fsp3) is 0.217. The molecule has 0 aliphatic heterocycles. The maximum Gasteiger partial charge on any atom is 0.416 e. The molecule has 0 aliphatic rings. The maximum atomic E-state index is 13.0. The van der Waals surface area contributed by atoms with Gasteiger partial charge in [0, 0.05) is 12.1 Å². The number of carbonyl (C=O) groups excluding carboxylic acids is 2. The molecule has 3 rings (SSSR count). The van der Waals surface area contributed by atoms with Crippen molar-refractivity contribution < 1.29 is 31.9 Å². The molecule has 0 fully saturated rings. The first kappa shape index (κ1) is 22.9. The summed E-state index contributed by atoms with van der Waals surface area (Å²) in [5, 5.41) is 2.69. The third-order valence-corrected chi connectivity index (χ3v) is 4.68. The van der Waals surface area contributed by atoms with Crippen LogP contribution in [-0.4, -0.2) is 36.9 Å². The van der Waals surface area contributed by atoms with Gasteiger partial charge in [-0.05, 0) is 43.3 Å². The second-order valence-electron chi connectivity index (χ2n) is 6.81. The Balaban J connectivity index is 1.72. The Morgan fingerprint density at radius 3 is 2.50 bits per heavy atom. The van der Waals surface area contributed by atoms with Crippen molar-refractivity contribution in [1.82, 2.24) is 4.90 Å². The SMILES string of the molecule is CCN(CC(=O)Nc1ccccc1OC)C(=O)c1ccc(-c2cccc(C(F)(F)F)c2)o1. The van der Waals surface area contributed by atoms with Crippen LogP contribution in [0.25, 0.3) is 11.3 Å². The molecule has 2 amide bonds. The lowest BCUT2D eigenvalue weighted by molar-refractivity contribution is -0.137. The Kier molecular flexibility index (Phi) is 6.87. The van der Waals surface area contributed by atoms with Gasteiger partial charge in [0.05, 0.1) is 18.4 Å². The molecule has 3 aromatic rings. The molecule has 0 bridgehead atoms. The highest BCUT2D eigenvalue weighted by atomic mass is 19.4. The molecule has 2 aromatic carbocycles. The largest absolute Gasteiger partial charge is 0.495 e. The number of halogens is 3. The minimum absolute atomic E-state index is 0.0793. The summed E-state index contributed by atoms with van der Waals surface area (Å²) in [5.41, 5.74) is -0.161. The zero-order chi connectivity index (χ0) is 23.3.